The molecule has 0 amide bonds. The predicted molar refractivity (Wildman–Crippen MR) is 67.6 cm³/mol. The van der Waals surface area contributed by atoms with Crippen LogP contribution < -0.4 is 10.9 Å². The number of rotatable bonds is 4. The van der Waals surface area contributed by atoms with Gasteiger partial charge >= 0.3 is 0 Å². The third-order valence-corrected chi connectivity index (χ3v) is 3.77. The number of anilines is 1. The van der Waals surface area contributed by atoms with Crippen LogP contribution in [0.4, 0.5) is 5.69 Å². The summed E-state index contributed by atoms with van der Waals surface area (Å²) in [7, 11) is 1.65. The van der Waals surface area contributed by atoms with E-state index in [0.29, 0.717) is 10.5 Å². The maximum Gasteiger partial charge on any atom is 0.282 e. The second-order valence-corrected chi connectivity index (χ2v) is 5.13. The summed E-state index contributed by atoms with van der Waals surface area (Å²) in [6.07, 6.45) is 5.38. The Morgan fingerprint density at radius 3 is 3.12 bits per heavy atom. The van der Waals surface area contributed by atoms with Gasteiger partial charge in [0, 0.05) is 13.1 Å². The van der Waals surface area contributed by atoms with Crippen LogP contribution in [0.1, 0.15) is 26.2 Å². The van der Waals surface area contributed by atoms with Gasteiger partial charge in [0.05, 0.1) is 11.9 Å². The van der Waals surface area contributed by atoms with Crippen molar-refractivity contribution in [1.82, 2.24) is 9.78 Å². The van der Waals surface area contributed by atoms with Gasteiger partial charge in [0.15, 0.2) is 0 Å². The molecule has 16 heavy (non-hydrogen) atoms. The van der Waals surface area contributed by atoms with Crippen LogP contribution in [0.3, 0.4) is 0 Å². The minimum atomic E-state index is -0.0994. The number of aromatic nitrogens is 2. The summed E-state index contributed by atoms with van der Waals surface area (Å²) < 4.78 is 1.90. The van der Waals surface area contributed by atoms with Gasteiger partial charge in [0.2, 0.25) is 0 Å². The summed E-state index contributed by atoms with van der Waals surface area (Å²) in [5, 5.41) is 7.37. The number of nitrogens with one attached hydrogen (secondary N) is 1. The number of nitrogens with zero attached hydrogens (tertiary/aromatic N) is 2. The molecular weight excluding hydrogens is 270 g/mol. The molecule has 2 rings (SSSR count). The maximum absolute atomic E-state index is 11.6. The molecular formula is C11H16BrN3O. The van der Waals surface area contributed by atoms with E-state index in [2.05, 4.69) is 33.3 Å². The van der Waals surface area contributed by atoms with E-state index in [-0.39, 0.29) is 5.56 Å². The fourth-order valence-corrected chi connectivity index (χ4v) is 2.40. The van der Waals surface area contributed by atoms with Crippen LogP contribution in [0.5, 0.6) is 0 Å². The minimum absolute atomic E-state index is 0.0994. The quantitative estimate of drug-likeness (QED) is 0.922. The third-order valence-electron chi connectivity index (χ3n) is 3.00. The molecule has 2 unspecified atom stereocenters. The van der Waals surface area contributed by atoms with Crippen LogP contribution in [-0.4, -0.2) is 15.8 Å². The maximum atomic E-state index is 11.6. The van der Waals surface area contributed by atoms with Gasteiger partial charge in [-0.2, -0.15) is 5.10 Å². The molecule has 1 heterocycles. The minimum Gasteiger partial charge on any atom is -0.380 e. The van der Waals surface area contributed by atoms with Crippen LogP contribution in [0.2, 0.25) is 0 Å². The Hall–Kier alpha value is -0.840. The first-order chi connectivity index (χ1) is 7.63. The largest absolute Gasteiger partial charge is 0.380 e. The van der Waals surface area contributed by atoms with Crippen molar-refractivity contribution < 1.29 is 0 Å². The van der Waals surface area contributed by atoms with Gasteiger partial charge in [-0.15, -0.1) is 0 Å². The van der Waals surface area contributed by atoms with Gasteiger partial charge in [-0.05, 0) is 34.7 Å². The van der Waals surface area contributed by atoms with Crippen molar-refractivity contribution in [1.29, 1.82) is 0 Å². The molecule has 88 valence electrons. The second-order valence-electron chi connectivity index (χ2n) is 4.34. The molecule has 5 heteroatoms. The van der Waals surface area contributed by atoms with Gasteiger partial charge < -0.3 is 5.32 Å². The number of aryl methyl sites for hydroxylation is 1. The Labute approximate surface area is 103 Å². The average molecular weight is 286 g/mol. The summed E-state index contributed by atoms with van der Waals surface area (Å²) in [5.41, 5.74) is 0.712. The van der Waals surface area contributed by atoms with Crippen LogP contribution in [-0.2, 0) is 7.05 Å². The second kappa shape index (κ2) is 4.57. The van der Waals surface area contributed by atoms with E-state index in [1.54, 1.807) is 13.2 Å². The van der Waals surface area contributed by atoms with E-state index < -0.39 is 0 Å². The lowest BCUT2D eigenvalue weighted by molar-refractivity contribution is 0.687. The molecule has 1 fully saturated rings. The zero-order valence-corrected chi connectivity index (χ0v) is 11.1. The lowest BCUT2D eigenvalue weighted by Crippen LogP contribution is -2.22. The molecule has 0 spiro atoms. The summed E-state index contributed by atoms with van der Waals surface area (Å²) >= 11 is 3.31. The molecule has 0 aliphatic heterocycles. The zero-order valence-electron chi connectivity index (χ0n) is 9.53. The molecule has 1 aliphatic carbocycles. The molecule has 1 N–H and O–H groups in total. The van der Waals surface area contributed by atoms with Crippen LogP contribution >= 0.6 is 15.9 Å². The van der Waals surface area contributed by atoms with E-state index >= 15 is 0 Å². The summed E-state index contributed by atoms with van der Waals surface area (Å²) in [6, 6.07) is 0.519. The first-order valence-corrected chi connectivity index (χ1v) is 6.41. The molecule has 1 aliphatic rings. The van der Waals surface area contributed by atoms with Gasteiger partial charge in [0.1, 0.15) is 4.47 Å². The highest BCUT2D eigenvalue weighted by atomic mass is 79.9. The highest BCUT2D eigenvalue weighted by Crippen LogP contribution is 2.37. The standard InChI is InChI=1S/C11H16BrN3O/c1-3-4-7-5-8(7)14-9-6-13-15(2)11(16)10(9)12/h6-8,14H,3-5H2,1-2H3. The van der Waals surface area contributed by atoms with Crippen molar-refractivity contribution in [3.05, 3.63) is 21.0 Å². The van der Waals surface area contributed by atoms with Crippen LogP contribution in [0.25, 0.3) is 0 Å². The van der Waals surface area contributed by atoms with Gasteiger partial charge in [-0.25, -0.2) is 4.68 Å². The van der Waals surface area contributed by atoms with E-state index in [1.165, 1.54) is 23.9 Å². The first-order valence-electron chi connectivity index (χ1n) is 5.61. The van der Waals surface area contributed by atoms with Crippen molar-refractivity contribution in [2.75, 3.05) is 5.32 Å². The average Bonchev–Trinajstić information content (AvgIpc) is 2.98. The van der Waals surface area contributed by atoms with Crippen molar-refractivity contribution in [2.45, 2.75) is 32.2 Å². The van der Waals surface area contributed by atoms with Gasteiger partial charge in [-0.1, -0.05) is 13.3 Å². The van der Waals surface area contributed by atoms with Gasteiger partial charge in [0.25, 0.3) is 5.56 Å². The molecule has 1 aromatic heterocycles. The topological polar surface area (TPSA) is 46.9 Å². The Morgan fingerprint density at radius 2 is 2.44 bits per heavy atom. The molecule has 0 aromatic carbocycles. The molecule has 0 radical (unpaired) electrons. The zero-order chi connectivity index (χ0) is 11.7. The van der Waals surface area contributed by atoms with Crippen LogP contribution in [0, 0.1) is 5.92 Å². The number of hydrogen-bond donors (Lipinski definition) is 1. The predicted octanol–water partition coefficient (Wildman–Crippen LogP) is 2.14. The molecule has 4 nitrogen and oxygen atoms in total. The number of hydrogen-bond acceptors (Lipinski definition) is 3. The molecule has 1 aromatic rings. The molecule has 1 saturated carbocycles. The summed E-state index contributed by atoms with van der Waals surface area (Å²) in [5.74, 6) is 0.765. The van der Waals surface area contributed by atoms with Crippen molar-refractivity contribution >= 4 is 21.6 Å². The van der Waals surface area contributed by atoms with Crippen molar-refractivity contribution in [3.8, 4) is 0 Å². The van der Waals surface area contributed by atoms with E-state index in [0.717, 1.165) is 11.6 Å². The fourth-order valence-electron chi connectivity index (χ4n) is 1.93. The third kappa shape index (κ3) is 2.29. The lowest BCUT2D eigenvalue weighted by atomic mass is 10.2. The monoisotopic (exact) mass is 285 g/mol. The van der Waals surface area contributed by atoms with Gasteiger partial charge in [-0.3, -0.25) is 4.79 Å². The normalized spacial score (nSPS) is 23.2. The van der Waals surface area contributed by atoms with E-state index in [1.807, 2.05) is 0 Å². The first kappa shape index (κ1) is 11.6. The number of halogens is 1. The Kier molecular flexibility index (Phi) is 3.33. The smallest absolute Gasteiger partial charge is 0.282 e. The Balaban J connectivity index is 2.06. The highest BCUT2D eigenvalue weighted by molar-refractivity contribution is 9.10. The van der Waals surface area contributed by atoms with E-state index in [4.69, 9.17) is 0 Å². The molecule has 0 saturated heterocycles. The van der Waals surface area contributed by atoms with E-state index in [9.17, 15) is 4.79 Å². The summed E-state index contributed by atoms with van der Waals surface area (Å²) in [6.45, 7) is 2.20. The highest BCUT2D eigenvalue weighted by Gasteiger charge is 2.36. The summed E-state index contributed by atoms with van der Waals surface area (Å²) in [4.78, 5) is 11.6. The van der Waals surface area contributed by atoms with Crippen LogP contribution in [0.15, 0.2) is 15.5 Å². The lowest BCUT2D eigenvalue weighted by Gasteiger charge is -2.08. The van der Waals surface area contributed by atoms with Crippen molar-refractivity contribution in [3.63, 3.8) is 0 Å². The SMILES string of the molecule is CCCC1CC1Nc1cnn(C)c(=O)c1Br. The molecule has 0 bridgehead atoms. The molecule has 2 atom stereocenters. The Bertz CT molecular complexity index is 443. The Morgan fingerprint density at radius 1 is 1.69 bits per heavy atom. The fraction of sp³-hybridized carbons (Fsp3) is 0.636. The van der Waals surface area contributed by atoms with Crippen molar-refractivity contribution in [2.24, 2.45) is 13.0 Å².